The molecule has 0 spiro atoms. The van der Waals surface area contributed by atoms with E-state index in [0.29, 0.717) is 49.9 Å². The van der Waals surface area contributed by atoms with Crippen LogP contribution in [0, 0.1) is 0 Å². The molecule has 1 aliphatic heterocycles. The van der Waals surface area contributed by atoms with Crippen molar-refractivity contribution in [3.8, 4) is 28.4 Å². The van der Waals surface area contributed by atoms with E-state index >= 15 is 0 Å². The summed E-state index contributed by atoms with van der Waals surface area (Å²) in [5.74, 6) is 1.31. The molecule has 9 nitrogen and oxygen atoms in total. The Balaban J connectivity index is 1.63. The summed E-state index contributed by atoms with van der Waals surface area (Å²) < 4.78 is 17.2. The number of carbonyl (C=O) groups is 2. The van der Waals surface area contributed by atoms with Crippen LogP contribution in [0.15, 0.2) is 54.6 Å². The van der Waals surface area contributed by atoms with Gasteiger partial charge in [-0.1, -0.05) is 0 Å². The fraction of sp³-hybridized carbons (Fsp3) is 0.320. The van der Waals surface area contributed by atoms with Crippen LogP contribution in [-0.4, -0.2) is 78.6 Å². The Morgan fingerprint density at radius 1 is 0.853 bits per heavy atom. The number of ether oxygens (including phenoxy) is 3. The average molecular weight is 465 g/mol. The molecule has 0 atom stereocenters. The van der Waals surface area contributed by atoms with Gasteiger partial charge < -0.3 is 24.0 Å². The van der Waals surface area contributed by atoms with Crippen molar-refractivity contribution in [3.63, 3.8) is 0 Å². The molecule has 2 heterocycles. The van der Waals surface area contributed by atoms with Crippen molar-refractivity contribution in [2.75, 3.05) is 47.0 Å². The highest BCUT2D eigenvalue weighted by molar-refractivity contribution is 5.94. The van der Waals surface area contributed by atoms with E-state index in [-0.39, 0.29) is 12.0 Å². The molecule has 0 bridgehead atoms. The fourth-order valence-corrected chi connectivity index (χ4v) is 3.83. The summed E-state index contributed by atoms with van der Waals surface area (Å²) >= 11 is 0. The normalized spacial score (nSPS) is 13.5. The molecule has 1 fully saturated rings. The van der Waals surface area contributed by atoms with Crippen LogP contribution >= 0.6 is 0 Å². The summed E-state index contributed by atoms with van der Waals surface area (Å²) in [5, 5.41) is 4.75. The molecule has 0 aliphatic carbocycles. The van der Waals surface area contributed by atoms with E-state index in [0.717, 1.165) is 17.0 Å². The van der Waals surface area contributed by atoms with Gasteiger partial charge in [-0.2, -0.15) is 5.10 Å². The van der Waals surface area contributed by atoms with Crippen molar-refractivity contribution in [1.82, 2.24) is 19.6 Å². The van der Waals surface area contributed by atoms with Gasteiger partial charge in [0, 0.05) is 31.7 Å². The topological polar surface area (TPSA) is 86.1 Å². The van der Waals surface area contributed by atoms with E-state index in [4.69, 9.17) is 19.3 Å². The maximum atomic E-state index is 13.6. The van der Waals surface area contributed by atoms with Crippen LogP contribution in [0.3, 0.4) is 0 Å². The van der Waals surface area contributed by atoms with E-state index in [1.165, 1.54) is 0 Å². The number of aromatic nitrogens is 2. The molecule has 9 heteroatoms. The Labute approximate surface area is 198 Å². The van der Waals surface area contributed by atoms with Gasteiger partial charge >= 0.3 is 6.09 Å². The molecule has 4 rings (SSSR count). The molecule has 2 aromatic carbocycles. The zero-order valence-electron chi connectivity index (χ0n) is 19.6. The van der Waals surface area contributed by atoms with Gasteiger partial charge in [0.2, 0.25) is 0 Å². The molecule has 1 aromatic heterocycles. The third-order valence-corrected chi connectivity index (χ3v) is 5.72. The molecular formula is C25H28N4O5. The SMILES string of the molecule is CCOC(=O)N1CCN(C(=O)c2cc(-c3ccc(OC)cc3)nn2-c2ccc(OC)cc2)CC1. The summed E-state index contributed by atoms with van der Waals surface area (Å²) in [6, 6.07) is 16.7. The number of hydrogen-bond donors (Lipinski definition) is 0. The molecule has 0 saturated carbocycles. The van der Waals surface area contributed by atoms with E-state index in [9.17, 15) is 9.59 Å². The lowest BCUT2D eigenvalue weighted by atomic mass is 10.1. The molecule has 3 aromatic rings. The van der Waals surface area contributed by atoms with E-state index < -0.39 is 0 Å². The zero-order valence-corrected chi connectivity index (χ0v) is 19.6. The van der Waals surface area contributed by atoms with Gasteiger partial charge in [0.05, 0.1) is 32.2 Å². The van der Waals surface area contributed by atoms with E-state index in [2.05, 4.69) is 0 Å². The highest BCUT2D eigenvalue weighted by Crippen LogP contribution is 2.26. The van der Waals surface area contributed by atoms with Crippen LogP contribution in [-0.2, 0) is 4.74 Å². The third kappa shape index (κ3) is 4.83. The number of rotatable bonds is 6. The first kappa shape index (κ1) is 23.2. The molecule has 1 aliphatic rings. The molecule has 0 unspecified atom stereocenters. The number of benzene rings is 2. The molecule has 178 valence electrons. The Bertz CT molecular complexity index is 1130. The van der Waals surface area contributed by atoms with Gasteiger partial charge in [-0.3, -0.25) is 4.79 Å². The smallest absolute Gasteiger partial charge is 0.409 e. The fourth-order valence-electron chi connectivity index (χ4n) is 3.83. The molecule has 34 heavy (non-hydrogen) atoms. The monoisotopic (exact) mass is 464 g/mol. The third-order valence-electron chi connectivity index (χ3n) is 5.72. The number of amides is 2. The first-order valence-electron chi connectivity index (χ1n) is 11.1. The van der Waals surface area contributed by atoms with Crippen molar-refractivity contribution < 1.29 is 23.8 Å². The van der Waals surface area contributed by atoms with Gasteiger partial charge in [0.1, 0.15) is 17.2 Å². The van der Waals surface area contributed by atoms with E-state index in [1.54, 1.807) is 41.7 Å². The van der Waals surface area contributed by atoms with Crippen molar-refractivity contribution in [1.29, 1.82) is 0 Å². The quantitative estimate of drug-likeness (QED) is 0.555. The van der Waals surface area contributed by atoms with Gasteiger partial charge in [0.25, 0.3) is 5.91 Å². The molecular weight excluding hydrogens is 436 g/mol. The lowest BCUT2D eigenvalue weighted by molar-refractivity contribution is 0.0563. The molecule has 0 N–H and O–H groups in total. The highest BCUT2D eigenvalue weighted by Gasteiger charge is 2.28. The van der Waals surface area contributed by atoms with Crippen LogP contribution < -0.4 is 9.47 Å². The zero-order chi connectivity index (χ0) is 24.1. The lowest BCUT2D eigenvalue weighted by Gasteiger charge is -2.34. The Morgan fingerprint density at radius 3 is 1.97 bits per heavy atom. The van der Waals surface area contributed by atoms with Gasteiger partial charge in [-0.25, -0.2) is 9.48 Å². The van der Waals surface area contributed by atoms with Crippen molar-refractivity contribution in [2.45, 2.75) is 6.92 Å². The molecule has 1 saturated heterocycles. The second kappa shape index (κ2) is 10.3. The number of methoxy groups -OCH3 is 2. The van der Waals surface area contributed by atoms with Crippen molar-refractivity contribution in [2.24, 2.45) is 0 Å². The van der Waals surface area contributed by atoms with Crippen LogP contribution in [0.1, 0.15) is 17.4 Å². The Kier molecular flexibility index (Phi) is 7.01. The van der Waals surface area contributed by atoms with Crippen LogP contribution in [0.5, 0.6) is 11.5 Å². The minimum absolute atomic E-state index is 0.147. The first-order valence-corrected chi connectivity index (χ1v) is 11.1. The van der Waals surface area contributed by atoms with E-state index in [1.807, 2.05) is 48.5 Å². The summed E-state index contributed by atoms with van der Waals surface area (Å²) in [7, 11) is 3.22. The largest absolute Gasteiger partial charge is 0.497 e. The maximum Gasteiger partial charge on any atom is 0.409 e. The Hall–Kier alpha value is -4.01. The minimum atomic E-state index is -0.348. The standard InChI is InChI=1S/C25H28N4O5/c1-4-34-25(31)28-15-13-27(14-16-28)24(30)23-17-22(18-5-9-20(32-2)10-6-18)26-29(23)19-7-11-21(33-3)12-8-19/h5-12,17H,4,13-16H2,1-3H3. The predicted octanol–water partition coefficient (Wildman–Crippen LogP) is 3.47. The molecule has 2 amide bonds. The number of piperazine rings is 1. The van der Waals surface area contributed by atoms with Gasteiger partial charge in [-0.05, 0) is 61.5 Å². The Morgan fingerprint density at radius 2 is 1.41 bits per heavy atom. The van der Waals surface area contributed by atoms with Gasteiger partial charge in [0.15, 0.2) is 0 Å². The number of hydrogen-bond acceptors (Lipinski definition) is 6. The van der Waals surface area contributed by atoms with Crippen molar-refractivity contribution >= 4 is 12.0 Å². The minimum Gasteiger partial charge on any atom is -0.497 e. The van der Waals surface area contributed by atoms with Crippen LogP contribution in [0.25, 0.3) is 16.9 Å². The maximum absolute atomic E-state index is 13.6. The average Bonchev–Trinajstić information content (AvgIpc) is 3.34. The van der Waals surface area contributed by atoms with Crippen LogP contribution in [0.4, 0.5) is 4.79 Å². The second-order valence-electron chi connectivity index (χ2n) is 7.73. The van der Waals surface area contributed by atoms with Gasteiger partial charge in [-0.15, -0.1) is 0 Å². The summed E-state index contributed by atoms with van der Waals surface area (Å²) in [6.07, 6.45) is -0.348. The van der Waals surface area contributed by atoms with Crippen molar-refractivity contribution in [3.05, 3.63) is 60.3 Å². The lowest BCUT2D eigenvalue weighted by Crippen LogP contribution is -2.51. The number of nitrogens with zero attached hydrogens (tertiary/aromatic N) is 4. The summed E-state index contributed by atoms with van der Waals surface area (Å²) in [6.45, 7) is 3.79. The van der Waals surface area contributed by atoms with Crippen LogP contribution in [0.2, 0.25) is 0 Å². The predicted molar refractivity (Wildman–Crippen MR) is 127 cm³/mol. The highest BCUT2D eigenvalue weighted by atomic mass is 16.6. The molecule has 0 radical (unpaired) electrons. The summed E-state index contributed by atoms with van der Waals surface area (Å²) in [5.41, 5.74) is 2.73. The number of carbonyl (C=O) groups excluding carboxylic acids is 2. The first-order chi connectivity index (χ1) is 16.5. The summed E-state index contributed by atoms with van der Waals surface area (Å²) in [4.78, 5) is 28.9. The second-order valence-corrected chi connectivity index (χ2v) is 7.73.